The molecule has 4 aromatic rings. The third-order valence-corrected chi connectivity index (χ3v) is 6.08. The first kappa shape index (κ1) is 22.7. The molecule has 0 bridgehead atoms. The number of ether oxygens (including phenoxy) is 1. The highest BCUT2D eigenvalue weighted by atomic mass is 16.5. The summed E-state index contributed by atoms with van der Waals surface area (Å²) >= 11 is 0. The molecule has 8 nitrogen and oxygen atoms in total. The van der Waals surface area contributed by atoms with Gasteiger partial charge in [-0.15, -0.1) is 0 Å². The van der Waals surface area contributed by atoms with E-state index in [9.17, 15) is 10.2 Å². The molecule has 1 atom stereocenters. The fraction of sp³-hybridized carbons (Fsp3) is 0.259. The topological polar surface area (TPSA) is 88.6 Å². The first-order chi connectivity index (χ1) is 17.1. The van der Waals surface area contributed by atoms with Crippen LogP contribution < -0.4 is 9.64 Å². The minimum atomic E-state index is -0.460. The number of hydrogen-bond donors (Lipinski definition) is 2. The zero-order chi connectivity index (χ0) is 24.2. The number of anilines is 1. The minimum absolute atomic E-state index is 0.161. The molecule has 35 heavy (non-hydrogen) atoms. The van der Waals surface area contributed by atoms with Crippen molar-refractivity contribution in [1.82, 2.24) is 19.1 Å². The summed E-state index contributed by atoms with van der Waals surface area (Å²) in [5.74, 6) is 8.47. The zero-order valence-corrected chi connectivity index (χ0v) is 19.5. The maximum Gasteiger partial charge on any atom is 0.205 e. The molecule has 1 fully saturated rings. The minimum Gasteiger partial charge on any atom is -0.487 e. The average molecular weight is 470 g/mol. The van der Waals surface area contributed by atoms with Crippen LogP contribution in [-0.4, -0.2) is 55.1 Å². The van der Waals surface area contributed by atoms with Crippen LogP contribution in [0.15, 0.2) is 73.3 Å². The van der Waals surface area contributed by atoms with Gasteiger partial charge in [-0.2, -0.15) is 0 Å². The van der Waals surface area contributed by atoms with Crippen LogP contribution in [0.25, 0.3) is 11.1 Å². The van der Waals surface area contributed by atoms with E-state index in [0.717, 1.165) is 41.5 Å². The van der Waals surface area contributed by atoms with Crippen LogP contribution in [-0.2, 0) is 13.7 Å². The molecule has 2 N–H and O–H groups in total. The molecule has 0 spiro atoms. The lowest BCUT2D eigenvalue weighted by molar-refractivity contribution is 0.165. The van der Waals surface area contributed by atoms with E-state index >= 15 is 0 Å². The van der Waals surface area contributed by atoms with Crippen LogP contribution in [0.3, 0.4) is 0 Å². The van der Waals surface area contributed by atoms with Gasteiger partial charge in [-0.05, 0) is 35.4 Å². The van der Waals surface area contributed by atoms with Gasteiger partial charge in [-0.3, -0.25) is 0 Å². The van der Waals surface area contributed by atoms with Gasteiger partial charge in [0.1, 0.15) is 30.3 Å². The van der Waals surface area contributed by atoms with Gasteiger partial charge >= 0.3 is 0 Å². The smallest absolute Gasteiger partial charge is 0.205 e. The molecule has 1 aliphatic heterocycles. The van der Waals surface area contributed by atoms with Crippen molar-refractivity contribution in [2.75, 3.05) is 24.6 Å². The number of hydrogen-bond acceptors (Lipinski definition) is 6. The Morgan fingerprint density at radius 1 is 0.971 bits per heavy atom. The maximum absolute atomic E-state index is 9.70. The largest absolute Gasteiger partial charge is 0.487 e. The SMILES string of the molecule is Cn1ccnc1N1CC(Oc2ccc(-c3ccc(C#CC(CO)n4ccnc4CO)cc3)cc2)C1. The Bertz CT molecular complexity index is 1330. The number of aromatic nitrogens is 4. The monoisotopic (exact) mass is 469 g/mol. The van der Waals surface area contributed by atoms with Crippen LogP contribution in [0.2, 0.25) is 0 Å². The van der Waals surface area contributed by atoms with Crippen molar-refractivity contribution in [1.29, 1.82) is 0 Å². The van der Waals surface area contributed by atoms with E-state index in [4.69, 9.17) is 4.74 Å². The number of aliphatic hydroxyl groups is 2. The summed E-state index contributed by atoms with van der Waals surface area (Å²) in [4.78, 5) is 10.6. The zero-order valence-electron chi connectivity index (χ0n) is 19.5. The van der Waals surface area contributed by atoms with Crippen LogP contribution in [0.4, 0.5) is 5.95 Å². The van der Waals surface area contributed by atoms with Crippen LogP contribution >= 0.6 is 0 Å². The molecule has 0 aliphatic carbocycles. The normalized spacial score (nSPS) is 14.2. The Balaban J connectivity index is 1.19. The summed E-state index contributed by atoms with van der Waals surface area (Å²) in [5.41, 5.74) is 3.03. The van der Waals surface area contributed by atoms with Crippen molar-refractivity contribution >= 4 is 5.95 Å². The first-order valence-corrected chi connectivity index (χ1v) is 11.5. The number of aliphatic hydroxyl groups excluding tert-OH is 2. The van der Waals surface area contributed by atoms with E-state index in [1.54, 1.807) is 17.0 Å². The summed E-state index contributed by atoms with van der Waals surface area (Å²) in [7, 11) is 2.00. The Labute approximate surface area is 204 Å². The van der Waals surface area contributed by atoms with E-state index in [1.165, 1.54) is 0 Å². The Kier molecular flexibility index (Phi) is 6.53. The van der Waals surface area contributed by atoms with Gasteiger partial charge in [0.25, 0.3) is 0 Å². The summed E-state index contributed by atoms with van der Waals surface area (Å²) in [5, 5.41) is 19.1. The Morgan fingerprint density at radius 3 is 2.29 bits per heavy atom. The van der Waals surface area contributed by atoms with Gasteiger partial charge in [0.15, 0.2) is 0 Å². The highest BCUT2D eigenvalue weighted by molar-refractivity contribution is 5.65. The fourth-order valence-electron chi connectivity index (χ4n) is 4.12. The number of rotatable bonds is 7. The molecule has 1 aliphatic rings. The summed E-state index contributed by atoms with van der Waals surface area (Å²) < 4.78 is 9.80. The third-order valence-electron chi connectivity index (χ3n) is 6.08. The van der Waals surface area contributed by atoms with Crippen molar-refractivity contribution in [3.8, 4) is 28.7 Å². The van der Waals surface area contributed by atoms with E-state index in [1.807, 2.05) is 60.4 Å². The number of benzene rings is 2. The van der Waals surface area contributed by atoms with Gasteiger partial charge in [-0.25, -0.2) is 9.97 Å². The third kappa shape index (κ3) is 4.92. The summed E-state index contributed by atoms with van der Waals surface area (Å²) in [6.45, 7) is 1.29. The number of aryl methyl sites for hydroxylation is 1. The standard InChI is InChI=1S/C27H27N5O3/c1-30-14-12-29-27(30)31-16-25(17-31)35-24-10-7-22(8-11-24)21-5-2-20(3-6-21)4-9-23(18-33)32-15-13-28-26(32)19-34/h2-3,5-8,10-15,23,25,33-34H,16-19H2,1H3. The lowest BCUT2D eigenvalue weighted by Crippen LogP contribution is -2.54. The van der Waals surface area contributed by atoms with Gasteiger partial charge in [-0.1, -0.05) is 36.1 Å². The summed E-state index contributed by atoms with van der Waals surface area (Å²) in [6.07, 6.45) is 7.21. The van der Waals surface area contributed by atoms with E-state index in [2.05, 4.69) is 38.8 Å². The lowest BCUT2D eigenvalue weighted by Gasteiger charge is -2.39. The molecule has 0 amide bonds. The van der Waals surface area contributed by atoms with Crippen molar-refractivity contribution in [2.45, 2.75) is 18.8 Å². The lowest BCUT2D eigenvalue weighted by atomic mass is 10.0. The summed E-state index contributed by atoms with van der Waals surface area (Å²) in [6, 6.07) is 15.6. The van der Waals surface area contributed by atoms with Crippen molar-refractivity contribution in [2.24, 2.45) is 7.05 Å². The van der Waals surface area contributed by atoms with Gasteiger partial charge in [0.05, 0.1) is 19.7 Å². The highest BCUT2D eigenvalue weighted by Gasteiger charge is 2.30. The number of imidazole rings is 2. The quantitative estimate of drug-likeness (QED) is 0.405. The molecule has 5 rings (SSSR count). The van der Waals surface area contributed by atoms with E-state index < -0.39 is 6.04 Å². The second-order valence-corrected chi connectivity index (χ2v) is 8.46. The van der Waals surface area contributed by atoms with Crippen LogP contribution in [0.1, 0.15) is 17.4 Å². The molecule has 0 saturated carbocycles. The number of nitrogens with zero attached hydrogens (tertiary/aromatic N) is 5. The predicted octanol–water partition coefficient (Wildman–Crippen LogP) is 2.63. The molecule has 1 saturated heterocycles. The maximum atomic E-state index is 9.70. The van der Waals surface area contributed by atoms with E-state index in [-0.39, 0.29) is 19.3 Å². The second kappa shape index (κ2) is 10.1. The molecule has 2 aromatic heterocycles. The first-order valence-electron chi connectivity index (χ1n) is 11.5. The van der Waals surface area contributed by atoms with Crippen LogP contribution in [0, 0.1) is 11.8 Å². The van der Waals surface area contributed by atoms with Gasteiger partial charge in [0.2, 0.25) is 5.95 Å². The van der Waals surface area contributed by atoms with Crippen molar-refractivity contribution < 1.29 is 14.9 Å². The fourth-order valence-corrected chi connectivity index (χ4v) is 4.12. The predicted molar refractivity (Wildman–Crippen MR) is 133 cm³/mol. The molecule has 8 heteroatoms. The highest BCUT2D eigenvalue weighted by Crippen LogP contribution is 2.26. The van der Waals surface area contributed by atoms with Crippen molar-refractivity contribution in [3.05, 3.63) is 84.7 Å². The Morgan fingerprint density at radius 2 is 1.66 bits per heavy atom. The molecule has 1 unspecified atom stereocenters. The van der Waals surface area contributed by atoms with Crippen molar-refractivity contribution in [3.63, 3.8) is 0 Å². The molecule has 2 aromatic carbocycles. The molecular weight excluding hydrogens is 442 g/mol. The molecule has 0 radical (unpaired) electrons. The van der Waals surface area contributed by atoms with Crippen LogP contribution in [0.5, 0.6) is 5.75 Å². The molecule has 3 heterocycles. The molecular formula is C27H27N5O3. The van der Waals surface area contributed by atoms with E-state index in [0.29, 0.717) is 5.82 Å². The Hall–Kier alpha value is -4.06. The second-order valence-electron chi connectivity index (χ2n) is 8.46. The average Bonchev–Trinajstić information content (AvgIpc) is 3.51. The van der Waals surface area contributed by atoms with Gasteiger partial charge < -0.3 is 29.0 Å². The molecule has 178 valence electrons. The van der Waals surface area contributed by atoms with Gasteiger partial charge in [0, 0.05) is 37.4 Å².